The van der Waals surface area contributed by atoms with Gasteiger partial charge in [-0.1, -0.05) is 6.07 Å². The summed E-state index contributed by atoms with van der Waals surface area (Å²) in [5.41, 5.74) is -1.72. The van der Waals surface area contributed by atoms with Gasteiger partial charge in [0.25, 0.3) is 0 Å². The van der Waals surface area contributed by atoms with Crippen LogP contribution in [0.4, 0.5) is 23.4 Å². The van der Waals surface area contributed by atoms with Crippen molar-refractivity contribution in [3.05, 3.63) is 71.2 Å². The third-order valence-corrected chi connectivity index (χ3v) is 6.99. The van der Waals surface area contributed by atoms with Gasteiger partial charge < -0.3 is 15.5 Å². The van der Waals surface area contributed by atoms with E-state index in [-0.39, 0.29) is 29.1 Å². The number of rotatable bonds is 9. The summed E-state index contributed by atoms with van der Waals surface area (Å²) >= 11 is 0. The van der Waals surface area contributed by atoms with Gasteiger partial charge in [0.05, 0.1) is 23.7 Å². The molecule has 2 aromatic heterocycles. The number of nitrogens with one attached hydrogen (secondary N) is 2. The van der Waals surface area contributed by atoms with Crippen LogP contribution in [0, 0.1) is 5.82 Å². The van der Waals surface area contributed by atoms with Crippen LogP contribution in [0.25, 0.3) is 0 Å². The van der Waals surface area contributed by atoms with E-state index in [9.17, 15) is 41.0 Å². The summed E-state index contributed by atoms with van der Waals surface area (Å²) in [4.78, 5) is 21.0. The molecule has 0 aliphatic heterocycles. The first-order valence-corrected chi connectivity index (χ1v) is 12.7. The zero-order chi connectivity index (χ0) is 28.5. The van der Waals surface area contributed by atoms with Gasteiger partial charge in [-0.3, -0.25) is 13.7 Å². The highest BCUT2D eigenvalue weighted by Crippen LogP contribution is 2.33. The number of anilines is 1. The Morgan fingerprint density at radius 1 is 1.23 bits per heavy atom. The van der Waals surface area contributed by atoms with E-state index in [2.05, 4.69) is 20.4 Å². The van der Waals surface area contributed by atoms with Crippen LogP contribution in [0.3, 0.4) is 0 Å². The smallest absolute Gasteiger partial charge is 0.388 e. The van der Waals surface area contributed by atoms with E-state index in [0.717, 1.165) is 36.4 Å². The minimum Gasteiger partial charge on any atom is -0.388 e. The molecular weight excluding hydrogens is 552 g/mol. The molecule has 4 atom stereocenters. The standard InChI is InChI=1S/C22H22F4N6O6S/c1-27-39(36,37)38-17-7-16(19(34)20(17)35)30-21-13(8-28-10-29-21)18(33)15-4-5-32(31-15)9-11-2-3-12(23)6-14(11)22(24,25)26/h2-6,8,10,16-17,19-20,27,34-35H,7,9H2,1H3,(H,28,29,30)/t16-,17-,19+,20+/m1/s1. The number of carbonyl (C=O) groups excluding carboxylic acids is 1. The molecule has 12 nitrogen and oxygen atoms in total. The molecule has 39 heavy (non-hydrogen) atoms. The third kappa shape index (κ3) is 6.39. The number of halogens is 4. The lowest BCUT2D eigenvalue weighted by atomic mass is 10.1. The fraction of sp³-hybridized carbons (Fsp3) is 0.364. The van der Waals surface area contributed by atoms with Gasteiger partial charge in [0.15, 0.2) is 0 Å². The van der Waals surface area contributed by atoms with Gasteiger partial charge in [0.2, 0.25) is 5.78 Å². The monoisotopic (exact) mass is 574 g/mol. The summed E-state index contributed by atoms with van der Waals surface area (Å²) in [5.74, 6) is -1.84. The van der Waals surface area contributed by atoms with Crippen molar-refractivity contribution >= 4 is 21.9 Å². The number of alkyl halides is 3. The summed E-state index contributed by atoms with van der Waals surface area (Å²) < 4.78 is 84.6. The molecule has 1 fully saturated rings. The Hall–Kier alpha value is -3.51. The Bertz CT molecular complexity index is 1470. The van der Waals surface area contributed by atoms with Crippen LogP contribution in [-0.2, 0) is 27.2 Å². The summed E-state index contributed by atoms with van der Waals surface area (Å²) in [6, 6.07) is 2.53. The predicted octanol–water partition coefficient (Wildman–Crippen LogP) is 0.866. The number of aromatic nitrogens is 4. The van der Waals surface area contributed by atoms with Crippen molar-refractivity contribution < 1.29 is 45.2 Å². The van der Waals surface area contributed by atoms with E-state index in [1.54, 1.807) is 0 Å². The van der Waals surface area contributed by atoms with Crippen LogP contribution < -0.4 is 10.0 Å². The Balaban J connectivity index is 1.52. The molecule has 4 N–H and O–H groups in total. The molecule has 0 amide bonds. The number of benzene rings is 1. The van der Waals surface area contributed by atoms with Crippen molar-refractivity contribution in [2.24, 2.45) is 0 Å². The first-order valence-electron chi connectivity index (χ1n) is 11.3. The van der Waals surface area contributed by atoms with Crippen molar-refractivity contribution in [2.45, 2.75) is 43.5 Å². The van der Waals surface area contributed by atoms with Crippen LogP contribution in [0.5, 0.6) is 0 Å². The van der Waals surface area contributed by atoms with E-state index in [0.29, 0.717) is 6.07 Å². The van der Waals surface area contributed by atoms with E-state index in [1.165, 1.54) is 12.3 Å². The van der Waals surface area contributed by atoms with Crippen LogP contribution in [0.15, 0.2) is 43.0 Å². The number of hydrogen-bond donors (Lipinski definition) is 4. The maximum absolute atomic E-state index is 13.4. The fourth-order valence-corrected chi connectivity index (χ4v) is 4.67. The number of carbonyl (C=O) groups is 1. The highest BCUT2D eigenvalue weighted by molar-refractivity contribution is 7.84. The first-order chi connectivity index (χ1) is 18.3. The second-order valence-electron chi connectivity index (χ2n) is 8.57. The lowest BCUT2D eigenvalue weighted by Gasteiger charge is -2.19. The molecule has 0 bridgehead atoms. The van der Waals surface area contributed by atoms with Crippen molar-refractivity contribution in [1.29, 1.82) is 0 Å². The van der Waals surface area contributed by atoms with Crippen LogP contribution in [0.2, 0.25) is 0 Å². The fourth-order valence-electron chi connectivity index (χ4n) is 4.06. The number of aliphatic hydroxyl groups is 2. The van der Waals surface area contributed by atoms with E-state index in [4.69, 9.17) is 4.18 Å². The topological polar surface area (TPSA) is 169 Å². The average Bonchev–Trinajstić information content (AvgIpc) is 3.44. The van der Waals surface area contributed by atoms with Crippen LogP contribution in [-0.4, -0.2) is 75.6 Å². The average molecular weight is 575 g/mol. The Morgan fingerprint density at radius 2 is 1.97 bits per heavy atom. The minimum absolute atomic E-state index is 0.0733. The molecule has 1 aromatic carbocycles. The van der Waals surface area contributed by atoms with Crippen molar-refractivity contribution in [2.75, 3.05) is 12.4 Å². The van der Waals surface area contributed by atoms with Crippen LogP contribution in [0.1, 0.15) is 33.6 Å². The minimum atomic E-state index is -4.80. The molecule has 2 heterocycles. The summed E-state index contributed by atoms with van der Waals surface area (Å²) in [5, 5.41) is 27.4. The SMILES string of the molecule is CNS(=O)(=O)O[C@@H]1C[C@@H](Nc2ncncc2C(=O)c2ccn(Cc3ccc(F)cc3C(F)(F)F)n2)[C@H](O)[C@H]1O. The summed E-state index contributed by atoms with van der Waals surface area (Å²) in [6.07, 6.45) is -5.81. The number of aliphatic hydroxyl groups excluding tert-OH is 2. The molecule has 3 aromatic rings. The summed E-state index contributed by atoms with van der Waals surface area (Å²) in [6.45, 7) is -0.401. The zero-order valence-corrected chi connectivity index (χ0v) is 20.8. The third-order valence-electron chi connectivity index (χ3n) is 5.99. The second kappa shape index (κ2) is 10.9. The van der Waals surface area contributed by atoms with Crippen LogP contribution >= 0.6 is 0 Å². The molecule has 1 saturated carbocycles. The molecule has 1 aliphatic carbocycles. The molecule has 17 heteroatoms. The number of hydrogen-bond acceptors (Lipinski definition) is 10. The number of nitrogens with zero attached hydrogens (tertiary/aromatic N) is 4. The molecule has 210 valence electrons. The predicted molar refractivity (Wildman–Crippen MR) is 125 cm³/mol. The molecule has 0 unspecified atom stereocenters. The number of ketones is 1. The van der Waals surface area contributed by atoms with Gasteiger partial charge >= 0.3 is 16.5 Å². The Morgan fingerprint density at radius 3 is 2.67 bits per heavy atom. The lowest BCUT2D eigenvalue weighted by Crippen LogP contribution is -2.38. The van der Waals surface area contributed by atoms with Crippen molar-refractivity contribution in [3.63, 3.8) is 0 Å². The second-order valence-corrected chi connectivity index (χ2v) is 10.1. The maximum atomic E-state index is 13.4. The quantitative estimate of drug-likeness (QED) is 0.213. The van der Waals surface area contributed by atoms with Gasteiger partial charge in [-0.2, -0.15) is 31.4 Å². The largest absolute Gasteiger partial charge is 0.416 e. The lowest BCUT2D eigenvalue weighted by molar-refractivity contribution is -0.138. The van der Waals surface area contributed by atoms with Gasteiger partial charge in [-0.15, -0.1) is 0 Å². The zero-order valence-electron chi connectivity index (χ0n) is 20.0. The van der Waals surface area contributed by atoms with Crippen molar-refractivity contribution in [3.8, 4) is 0 Å². The van der Waals surface area contributed by atoms with Gasteiger partial charge in [-0.25, -0.2) is 14.4 Å². The summed E-state index contributed by atoms with van der Waals surface area (Å²) in [7, 11) is -3.06. The highest BCUT2D eigenvalue weighted by atomic mass is 32.2. The normalized spacial score (nSPS) is 21.7. The van der Waals surface area contributed by atoms with Gasteiger partial charge in [0.1, 0.15) is 42.0 Å². The molecule has 4 rings (SSSR count). The molecule has 1 aliphatic rings. The van der Waals surface area contributed by atoms with E-state index < -0.39 is 64.5 Å². The van der Waals surface area contributed by atoms with Gasteiger partial charge in [0, 0.05) is 25.9 Å². The molecular formula is C22H22F4N6O6S. The van der Waals surface area contributed by atoms with Crippen molar-refractivity contribution in [1.82, 2.24) is 24.5 Å². The molecule has 0 spiro atoms. The maximum Gasteiger partial charge on any atom is 0.416 e. The molecule has 0 radical (unpaired) electrons. The highest BCUT2D eigenvalue weighted by Gasteiger charge is 2.44. The van der Waals surface area contributed by atoms with E-state index >= 15 is 0 Å². The molecule has 0 saturated heterocycles. The van der Waals surface area contributed by atoms with E-state index in [1.807, 2.05) is 4.72 Å². The first kappa shape index (κ1) is 28.5. The Labute approximate surface area is 218 Å². The Kier molecular flexibility index (Phi) is 7.99. The van der Waals surface area contributed by atoms with Gasteiger partial charge in [-0.05, 0) is 23.8 Å².